The summed E-state index contributed by atoms with van der Waals surface area (Å²) in [4.78, 5) is 23.2. The molecule has 1 aliphatic heterocycles. The van der Waals surface area contributed by atoms with Crippen LogP contribution in [0.1, 0.15) is 38.7 Å². The second-order valence-corrected chi connectivity index (χ2v) is 8.31. The fraction of sp³-hybridized carbons (Fsp3) is 0.529. The normalized spacial score (nSPS) is 14.1. The summed E-state index contributed by atoms with van der Waals surface area (Å²) in [6, 6.07) is 4.62. The van der Waals surface area contributed by atoms with E-state index in [0.717, 1.165) is 12.0 Å². The van der Waals surface area contributed by atoms with Gasteiger partial charge in [0.05, 0.1) is 4.90 Å². The molecule has 0 atom stereocenters. The van der Waals surface area contributed by atoms with Crippen molar-refractivity contribution < 1.29 is 18.0 Å². The van der Waals surface area contributed by atoms with Crippen molar-refractivity contribution in [3.63, 3.8) is 0 Å². The van der Waals surface area contributed by atoms with Crippen LogP contribution < -0.4 is 15.4 Å². The molecule has 0 aliphatic carbocycles. The first kappa shape index (κ1) is 19.4. The predicted molar refractivity (Wildman–Crippen MR) is 95.7 cm³/mol. The molecule has 0 aromatic heterocycles. The van der Waals surface area contributed by atoms with Gasteiger partial charge >= 0.3 is 0 Å². The number of hydrogen-bond acceptors (Lipinski definition) is 4. The van der Waals surface area contributed by atoms with Crippen molar-refractivity contribution >= 4 is 27.5 Å². The summed E-state index contributed by atoms with van der Waals surface area (Å²) in [5, 5.41) is 5.49. The lowest BCUT2D eigenvalue weighted by atomic mass is 10.0. The number of carbonyl (C=O) groups is 2. The topological polar surface area (TPSA) is 104 Å². The first-order valence-corrected chi connectivity index (χ1v) is 9.95. The van der Waals surface area contributed by atoms with Crippen LogP contribution >= 0.6 is 0 Å². The van der Waals surface area contributed by atoms with Gasteiger partial charge in [0, 0.05) is 31.6 Å². The van der Waals surface area contributed by atoms with Crippen LogP contribution in [0.2, 0.25) is 0 Å². The molecule has 1 aliphatic rings. The van der Waals surface area contributed by atoms with Crippen molar-refractivity contribution in [2.24, 2.45) is 5.92 Å². The van der Waals surface area contributed by atoms with E-state index in [2.05, 4.69) is 29.2 Å². The van der Waals surface area contributed by atoms with Gasteiger partial charge in [-0.2, -0.15) is 0 Å². The third kappa shape index (κ3) is 5.82. The van der Waals surface area contributed by atoms with Gasteiger partial charge in [0.25, 0.3) is 0 Å². The van der Waals surface area contributed by atoms with Crippen molar-refractivity contribution in [2.75, 3.05) is 18.4 Å². The monoisotopic (exact) mass is 367 g/mol. The molecule has 1 heterocycles. The van der Waals surface area contributed by atoms with Gasteiger partial charge in [-0.15, -0.1) is 0 Å². The molecule has 1 aromatic rings. The van der Waals surface area contributed by atoms with Crippen molar-refractivity contribution in [2.45, 2.75) is 44.4 Å². The summed E-state index contributed by atoms with van der Waals surface area (Å²) in [6.07, 6.45) is 1.85. The van der Waals surface area contributed by atoms with Crippen LogP contribution in [0.25, 0.3) is 0 Å². The minimum Gasteiger partial charge on any atom is -0.356 e. The Morgan fingerprint density at radius 3 is 2.72 bits per heavy atom. The lowest BCUT2D eigenvalue weighted by Gasteiger charge is -2.17. The number of benzene rings is 1. The maximum Gasteiger partial charge on any atom is 0.240 e. The molecule has 7 nitrogen and oxygen atoms in total. The lowest BCUT2D eigenvalue weighted by molar-refractivity contribution is -0.121. The van der Waals surface area contributed by atoms with E-state index >= 15 is 0 Å². The lowest BCUT2D eigenvalue weighted by Crippen LogP contribution is -2.31. The maximum absolute atomic E-state index is 12.3. The summed E-state index contributed by atoms with van der Waals surface area (Å²) in [5.41, 5.74) is 1.45. The number of rotatable bonds is 8. The second-order valence-electron chi connectivity index (χ2n) is 6.55. The van der Waals surface area contributed by atoms with E-state index in [4.69, 9.17) is 0 Å². The number of nitrogens with one attached hydrogen (secondary N) is 3. The Hall–Kier alpha value is -1.93. The van der Waals surface area contributed by atoms with Gasteiger partial charge in [-0.1, -0.05) is 13.8 Å². The van der Waals surface area contributed by atoms with E-state index < -0.39 is 10.0 Å². The van der Waals surface area contributed by atoms with E-state index in [9.17, 15) is 18.0 Å². The third-order valence-corrected chi connectivity index (χ3v) is 5.43. The van der Waals surface area contributed by atoms with Gasteiger partial charge in [-0.25, -0.2) is 13.1 Å². The summed E-state index contributed by atoms with van der Waals surface area (Å²) >= 11 is 0. The molecule has 2 rings (SSSR count). The molecule has 2 amide bonds. The Balaban J connectivity index is 1.87. The zero-order chi connectivity index (χ0) is 18.4. The van der Waals surface area contributed by atoms with E-state index in [1.807, 2.05) is 0 Å². The minimum absolute atomic E-state index is 0.0453. The maximum atomic E-state index is 12.3. The largest absolute Gasteiger partial charge is 0.356 e. The summed E-state index contributed by atoms with van der Waals surface area (Å²) in [5.74, 6) is 0.272. The summed E-state index contributed by atoms with van der Waals surface area (Å²) < 4.78 is 27.1. The Morgan fingerprint density at radius 1 is 1.24 bits per heavy atom. The number of carbonyl (C=O) groups excluding carboxylic acids is 2. The van der Waals surface area contributed by atoms with Crippen molar-refractivity contribution in [3.8, 4) is 0 Å². The smallest absolute Gasteiger partial charge is 0.240 e. The number of sulfonamides is 1. The van der Waals surface area contributed by atoms with Crippen LogP contribution in [0.5, 0.6) is 0 Å². The highest BCUT2D eigenvalue weighted by Gasteiger charge is 2.19. The molecule has 0 unspecified atom stereocenters. The molecule has 0 saturated heterocycles. The van der Waals surface area contributed by atoms with E-state index in [1.54, 1.807) is 12.1 Å². The molecule has 0 saturated carbocycles. The Labute approximate surface area is 148 Å². The van der Waals surface area contributed by atoms with Gasteiger partial charge < -0.3 is 10.6 Å². The molecule has 8 heteroatoms. The van der Waals surface area contributed by atoms with Crippen LogP contribution in [0.15, 0.2) is 23.1 Å². The number of aryl methyl sites for hydroxylation is 1. The number of hydrogen-bond donors (Lipinski definition) is 3. The Morgan fingerprint density at radius 2 is 2.00 bits per heavy atom. The van der Waals surface area contributed by atoms with Crippen molar-refractivity contribution in [3.05, 3.63) is 23.8 Å². The molecule has 138 valence electrons. The van der Waals surface area contributed by atoms with Crippen LogP contribution in [0.4, 0.5) is 5.69 Å². The second kappa shape index (κ2) is 8.44. The van der Waals surface area contributed by atoms with E-state index in [-0.39, 0.29) is 29.7 Å². The average Bonchev–Trinajstić information content (AvgIpc) is 2.53. The first-order chi connectivity index (χ1) is 11.8. The van der Waals surface area contributed by atoms with Crippen molar-refractivity contribution in [1.29, 1.82) is 0 Å². The molecule has 0 radical (unpaired) electrons. The van der Waals surface area contributed by atoms with Crippen LogP contribution in [0, 0.1) is 5.92 Å². The SMILES string of the molecule is CC(C)CCNC(=O)CCNS(=O)(=O)c1ccc2c(c1)CCC(=O)N2. The zero-order valence-electron chi connectivity index (χ0n) is 14.6. The Kier molecular flexibility index (Phi) is 6.55. The molecular formula is C17H25N3O4S. The van der Waals surface area contributed by atoms with Gasteiger partial charge in [0.2, 0.25) is 21.8 Å². The number of anilines is 1. The quantitative estimate of drug-likeness (QED) is 0.646. The molecule has 0 bridgehead atoms. The number of amides is 2. The van der Waals surface area contributed by atoms with Gasteiger partial charge in [0.1, 0.15) is 0 Å². The summed E-state index contributed by atoms with van der Waals surface area (Å²) in [7, 11) is -3.68. The van der Waals surface area contributed by atoms with Crippen LogP contribution in [-0.4, -0.2) is 33.3 Å². The predicted octanol–water partition coefficient (Wildman–Crippen LogP) is 1.40. The summed E-state index contributed by atoms with van der Waals surface area (Å²) in [6.45, 7) is 4.79. The molecule has 25 heavy (non-hydrogen) atoms. The van der Waals surface area contributed by atoms with E-state index in [1.165, 1.54) is 6.07 Å². The fourth-order valence-corrected chi connectivity index (χ4v) is 3.58. The molecule has 3 N–H and O–H groups in total. The first-order valence-electron chi connectivity index (χ1n) is 8.47. The van der Waals surface area contributed by atoms with E-state index in [0.29, 0.717) is 31.0 Å². The van der Waals surface area contributed by atoms with Gasteiger partial charge in [-0.05, 0) is 42.5 Å². The highest BCUT2D eigenvalue weighted by molar-refractivity contribution is 7.89. The average molecular weight is 367 g/mol. The highest BCUT2D eigenvalue weighted by atomic mass is 32.2. The molecule has 1 aromatic carbocycles. The van der Waals surface area contributed by atoms with Crippen LogP contribution in [0.3, 0.4) is 0 Å². The highest BCUT2D eigenvalue weighted by Crippen LogP contribution is 2.25. The van der Waals surface area contributed by atoms with Gasteiger partial charge in [-0.3, -0.25) is 9.59 Å². The zero-order valence-corrected chi connectivity index (χ0v) is 15.4. The third-order valence-electron chi connectivity index (χ3n) is 3.97. The fourth-order valence-electron chi connectivity index (χ4n) is 2.50. The molecular weight excluding hydrogens is 342 g/mol. The number of fused-ring (bicyclic) bond motifs is 1. The Bertz CT molecular complexity index is 744. The minimum atomic E-state index is -3.68. The molecule has 0 spiro atoms. The van der Waals surface area contributed by atoms with Crippen molar-refractivity contribution in [1.82, 2.24) is 10.0 Å². The van der Waals surface area contributed by atoms with Gasteiger partial charge in [0.15, 0.2) is 0 Å². The standard InChI is InChI=1S/C17H25N3O4S/c1-12(2)7-9-18-16(21)8-10-19-25(23,24)14-4-5-15-13(11-14)3-6-17(22)20-15/h4-5,11-12,19H,3,6-10H2,1-2H3,(H,18,21)(H,20,22). The van der Waals surface area contributed by atoms with Crippen LogP contribution in [-0.2, 0) is 26.0 Å². The molecule has 0 fully saturated rings.